The third-order valence-electron chi connectivity index (χ3n) is 6.56. The number of nitrogens with zero attached hydrogens (tertiary/aromatic N) is 1. The van der Waals surface area contributed by atoms with Crippen LogP contribution in [0.1, 0.15) is 44.9 Å². The number of hydrogen-bond acceptors (Lipinski definition) is 3. The standard InChI is InChI=1S/C20H27FN2O3S/c21-17-6-2-3-7-18(17)27(25,26)23-13-16(12-22-19(24)15-8-9-15)20(14-23)10-4-1-5-11-20/h2-3,6-7,15-16H,1,4-5,8-14H2,(H,22,24). The van der Waals surface area contributed by atoms with Crippen LogP contribution in [0.5, 0.6) is 0 Å². The second-order valence-electron chi connectivity index (χ2n) is 8.37. The number of nitrogens with one attached hydrogen (secondary N) is 1. The number of rotatable bonds is 5. The van der Waals surface area contributed by atoms with Gasteiger partial charge >= 0.3 is 0 Å². The number of sulfonamides is 1. The first-order valence-corrected chi connectivity index (χ1v) is 11.4. The maximum Gasteiger partial charge on any atom is 0.246 e. The van der Waals surface area contributed by atoms with Crippen molar-refractivity contribution >= 4 is 15.9 Å². The Morgan fingerprint density at radius 2 is 1.89 bits per heavy atom. The summed E-state index contributed by atoms with van der Waals surface area (Å²) >= 11 is 0. The van der Waals surface area contributed by atoms with Gasteiger partial charge in [-0.05, 0) is 49.1 Å². The van der Waals surface area contributed by atoms with Crippen molar-refractivity contribution in [1.29, 1.82) is 0 Å². The number of halogens is 1. The first-order valence-electron chi connectivity index (χ1n) is 9.95. The second-order valence-corrected chi connectivity index (χ2v) is 10.3. The monoisotopic (exact) mass is 394 g/mol. The largest absolute Gasteiger partial charge is 0.356 e. The molecule has 2 saturated carbocycles. The first-order chi connectivity index (χ1) is 12.9. The van der Waals surface area contributed by atoms with Gasteiger partial charge in [0.25, 0.3) is 0 Å². The lowest BCUT2D eigenvalue weighted by atomic mass is 9.68. The summed E-state index contributed by atoms with van der Waals surface area (Å²) in [6.45, 7) is 1.29. The smallest absolute Gasteiger partial charge is 0.246 e. The molecule has 1 aliphatic heterocycles. The lowest BCUT2D eigenvalue weighted by Gasteiger charge is -2.38. The van der Waals surface area contributed by atoms with Crippen LogP contribution in [0.3, 0.4) is 0 Å². The molecule has 1 aromatic carbocycles. The van der Waals surface area contributed by atoms with Crippen LogP contribution < -0.4 is 5.32 Å². The first kappa shape index (κ1) is 18.9. The highest BCUT2D eigenvalue weighted by Crippen LogP contribution is 2.48. The van der Waals surface area contributed by atoms with E-state index in [-0.39, 0.29) is 28.1 Å². The molecule has 0 aromatic heterocycles. The molecule has 1 spiro atoms. The molecule has 0 radical (unpaired) electrons. The van der Waals surface area contributed by atoms with Gasteiger partial charge in [-0.2, -0.15) is 4.31 Å². The summed E-state index contributed by atoms with van der Waals surface area (Å²) in [5.74, 6) is -0.383. The summed E-state index contributed by atoms with van der Waals surface area (Å²) in [6.07, 6.45) is 7.19. The molecule has 7 heteroatoms. The molecule has 148 valence electrons. The molecule has 3 aliphatic rings. The van der Waals surface area contributed by atoms with Crippen molar-refractivity contribution in [1.82, 2.24) is 9.62 Å². The van der Waals surface area contributed by atoms with E-state index in [1.54, 1.807) is 6.07 Å². The van der Waals surface area contributed by atoms with Gasteiger partial charge in [0.1, 0.15) is 10.7 Å². The van der Waals surface area contributed by atoms with E-state index < -0.39 is 15.8 Å². The van der Waals surface area contributed by atoms with Gasteiger partial charge in [-0.1, -0.05) is 31.4 Å². The minimum atomic E-state index is -3.87. The predicted molar refractivity (Wildman–Crippen MR) is 99.9 cm³/mol. The second kappa shape index (κ2) is 7.17. The summed E-state index contributed by atoms with van der Waals surface area (Å²) in [6, 6.07) is 5.57. The summed E-state index contributed by atoms with van der Waals surface area (Å²) < 4.78 is 41.8. The lowest BCUT2D eigenvalue weighted by molar-refractivity contribution is -0.122. The van der Waals surface area contributed by atoms with E-state index in [0.717, 1.165) is 38.5 Å². The van der Waals surface area contributed by atoms with E-state index in [0.29, 0.717) is 19.6 Å². The molecular weight excluding hydrogens is 367 g/mol. The molecule has 4 rings (SSSR count). The van der Waals surface area contributed by atoms with E-state index in [1.165, 1.54) is 28.9 Å². The Hall–Kier alpha value is -1.47. The SMILES string of the molecule is O=C(NCC1CN(S(=O)(=O)c2ccccc2F)CC12CCCCC2)C1CC1. The van der Waals surface area contributed by atoms with E-state index in [4.69, 9.17) is 0 Å². The van der Waals surface area contributed by atoms with Crippen molar-refractivity contribution in [2.75, 3.05) is 19.6 Å². The van der Waals surface area contributed by atoms with E-state index in [9.17, 15) is 17.6 Å². The molecule has 2 aliphatic carbocycles. The maximum atomic E-state index is 14.2. The Bertz CT molecular complexity index is 816. The Kier molecular flexibility index (Phi) is 5.01. The maximum absolute atomic E-state index is 14.2. The molecule has 1 atom stereocenters. The zero-order valence-corrected chi connectivity index (χ0v) is 16.3. The average molecular weight is 395 g/mol. The van der Waals surface area contributed by atoms with E-state index >= 15 is 0 Å². The van der Waals surface area contributed by atoms with Crippen LogP contribution in [0.15, 0.2) is 29.2 Å². The summed E-state index contributed by atoms with van der Waals surface area (Å²) in [5, 5.41) is 3.05. The lowest BCUT2D eigenvalue weighted by Crippen LogP contribution is -2.40. The highest BCUT2D eigenvalue weighted by molar-refractivity contribution is 7.89. The molecule has 27 heavy (non-hydrogen) atoms. The van der Waals surface area contributed by atoms with Gasteiger partial charge in [-0.3, -0.25) is 4.79 Å². The normalized spacial score (nSPS) is 25.6. The van der Waals surface area contributed by atoms with E-state index in [1.807, 2.05) is 0 Å². The third kappa shape index (κ3) is 3.63. The molecule has 1 amide bonds. The third-order valence-corrected chi connectivity index (χ3v) is 8.40. The van der Waals surface area contributed by atoms with Crippen molar-refractivity contribution in [2.45, 2.75) is 49.8 Å². The minimum Gasteiger partial charge on any atom is -0.356 e. The molecule has 1 aromatic rings. The quantitative estimate of drug-likeness (QED) is 0.835. The van der Waals surface area contributed by atoms with Gasteiger partial charge in [0.2, 0.25) is 15.9 Å². The topological polar surface area (TPSA) is 66.5 Å². The number of carbonyl (C=O) groups is 1. The Balaban J connectivity index is 1.56. The Morgan fingerprint density at radius 1 is 1.19 bits per heavy atom. The van der Waals surface area contributed by atoms with Crippen molar-refractivity contribution in [2.24, 2.45) is 17.3 Å². The zero-order valence-electron chi connectivity index (χ0n) is 15.5. The number of carbonyl (C=O) groups excluding carboxylic acids is 1. The number of benzene rings is 1. The minimum absolute atomic E-state index is 0.0852. The van der Waals surface area contributed by atoms with Gasteiger partial charge in [0.05, 0.1) is 0 Å². The Labute approximate surface area is 160 Å². The van der Waals surface area contributed by atoms with Crippen molar-refractivity contribution in [3.63, 3.8) is 0 Å². The highest BCUT2D eigenvalue weighted by Gasteiger charge is 2.50. The van der Waals surface area contributed by atoms with Gasteiger partial charge in [-0.15, -0.1) is 0 Å². The average Bonchev–Trinajstić information content (AvgIpc) is 3.45. The van der Waals surface area contributed by atoms with Crippen LogP contribution in [0.2, 0.25) is 0 Å². The fraction of sp³-hybridized carbons (Fsp3) is 0.650. The van der Waals surface area contributed by atoms with Crippen molar-refractivity contribution in [3.05, 3.63) is 30.1 Å². The number of amides is 1. The van der Waals surface area contributed by atoms with Crippen molar-refractivity contribution in [3.8, 4) is 0 Å². The Morgan fingerprint density at radius 3 is 2.56 bits per heavy atom. The molecule has 1 N–H and O–H groups in total. The molecular formula is C20H27FN2O3S. The van der Waals surface area contributed by atoms with Gasteiger partial charge in [0, 0.05) is 25.6 Å². The fourth-order valence-corrected chi connectivity index (χ4v) is 6.42. The van der Waals surface area contributed by atoms with E-state index in [2.05, 4.69) is 5.32 Å². The van der Waals surface area contributed by atoms with Crippen LogP contribution in [-0.2, 0) is 14.8 Å². The predicted octanol–water partition coefficient (Wildman–Crippen LogP) is 2.92. The van der Waals surface area contributed by atoms with Crippen LogP contribution in [0.4, 0.5) is 4.39 Å². The summed E-state index contributed by atoms with van der Waals surface area (Å²) in [4.78, 5) is 11.8. The molecule has 1 unspecified atom stereocenters. The van der Waals surface area contributed by atoms with Crippen LogP contribution in [-0.4, -0.2) is 38.3 Å². The van der Waals surface area contributed by atoms with Gasteiger partial charge in [-0.25, -0.2) is 12.8 Å². The molecule has 0 bridgehead atoms. The van der Waals surface area contributed by atoms with Crippen LogP contribution in [0, 0.1) is 23.1 Å². The van der Waals surface area contributed by atoms with Gasteiger partial charge in [0.15, 0.2) is 0 Å². The van der Waals surface area contributed by atoms with Crippen LogP contribution in [0.25, 0.3) is 0 Å². The molecule has 1 heterocycles. The molecule has 3 fully saturated rings. The van der Waals surface area contributed by atoms with Crippen molar-refractivity contribution < 1.29 is 17.6 Å². The van der Waals surface area contributed by atoms with Gasteiger partial charge < -0.3 is 5.32 Å². The molecule has 5 nitrogen and oxygen atoms in total. The molecule has 1 saturated heterocycles. The number of hydrogen-bond donors (Lipinski definition) is 1. The highest BCUT2D eigenvalue weighted by atomic mass is 32.2. The zero-order chi connectivity index (χ0) is 19.1. The van der Waals surface area contributed by atoms with Crippen LogP contribution >= 0.6 is 0 Å². The summed E-state index contributed by atoms with van der Waals surface area (Å²) in [7, 11) is -3.87. The summed E-state index contributed by atoms with van der Waals surface area (Å²) in [5.41, 5.74) is -0.104. The fourth-order valence-electron chi connectivity index (χ4n) is 4.78.